The number of aromatic hydroxyl groups is 1. The van der Waals surface area contributed by atoms with Crippen molar-refractivity contribution in [1.82, 2.24) is 20.4 Å². The van der Waals surface area contributed by atoms with Gasteiger partial charge in [-0.15, -0.1) is 11.3 Å². The van der Waals surface area contributed by atoms with Gasteiger partial charge in [-0.3, -0.25) is 4.79 Å². The summed E-state index contributed by atoms with van der Waals surface area (Å²) in [5.41, 5.74) is 5.32. The van der Waals surface area contributed by atoms with Crippen LogP contribution in [-0.2, 0) is 0 Å². The average Bonchev–Trinajstić information content (AvgIpc) is 3.20. The summed E-state index contributed by atoms with van der Waals surface area (Å²) in [6.07, 6.45) is 2.75. The van der Waals surface area contributed by atoms with Crippen LogP contribution in [0.3, 0.4) is 0 Å². The first-order valence-electron chi connectivity index (χ1n) is 6.04. The molecule has 0 radical (unpaired) electrons. The van der Waals surface area contributed by atoms with Gasteiger partial charge in [0.25, 0.3) is 5.91 Å². The molecule has 3 aromatic heterocycles. The second-order valence-electron chi connectivity index (χ2n) is 4.06. The Hall–Kier alpha value is -2.65. The van der Waals surface area contributed by atoms with Gasteiger partial charge in [0.15, 0.2) is 5.82 Å². The van der Waals surface area contributed by atoms with Crippen LogP contribution in [0.25, 0.3) is 11.5 Å². The van der Waals surface area contributed by atoms with Gasteiger partial charge < -0.3 is 5.11 Å². The normalized spacial score (nSPS) is 10.9. The summed E-state index contributed by atoms with van der Waals surface area (Å²) >= 11 is 2.92. The number of thiazole rings is 1. The van der Waals surface area contributed by atoms with E-state index in [0.717, 1.165) is 5.56 Å². The minimum absolute atomic E-state index is 0.0542. The summed E-state index contributed by atoms with van der Waals surface area (Å²) in [5.74, 6) is -0.743. The average molecular weight is 331 g/mol. The van der Waals surface area contributed by atoms with E-state index in [1.165, 1.54) is 35.1 Å². The highest BCUT2D eigenvalue weighted by Crippen LogP contribution is 2.19. The molecule has 0 fully saturated rings. The zero-order valence-electron chi connectivity index (χ0n) is 11.0. The van der Waals surface area contributed by atoms with Gasteiger partial charge in [0.2, 0.25) is 5.88 Å². The second-order valence-corrected chi connectivity index (χ2v) is 5.56. The lowest BCUT2D eigenvalue weighted by molar-refractivity contribution is 0.0951. The molecule has 0 spiro atoms. The van der Waals surface area contributed by atoms with Gasteiger partial charge in [0.1, 0.15) is 11.3 Å². The topological polar surface area (TPSA) is 100 Å². The molecule has 0 aliphatic carbocycles. The second kappa shape index (κ2) is 6.41. The molecule has 0 atom stereocenters. The summed E-state index contributed by atoms with van der Waals surface area (Å²) in [7, 11) is 0. The van der Waals surface area contributed by atoms with Gasteiger partial charge in [0.05, 0.1) is 11.7 Å². The van der Waals surface area contributed by atoms with E-state index in [1.54, 1.807) is 10.9 Å². The van der Waals surface area contributed by atoms with Crippen molar-refractivity contribution in [1.29, 1.82) is 0 Å². The highest BCUT2D eigenvalue weighted by Gasteiger charge is 2.15. The van der Waals surface area contributed by atoms with E-state index in [9.17, 15) is 9.90 Å². The third-order valence-electron chi connectivity index (χ3n) is 2.60. The van der Waals surface area contributed by atoms with E-state index >= 15 is 0 Å². The number of hydrogen-bond donors (Lipinski definition) is 2. The van der Waals surface area contributed by atoms with E-state index < -0.39 is 11.8 Å². The molecule has 0 aliphatic rings. The number of nitrogens with one attached hydrogen (secondary N) is 1. The largest absolute Gasteiger partial charge is 0.493 e. The fraction of sp³-hybridized carbons (Fsp3) is 0. The number of amides is 1. The summed E-state index contributed by atoms with van der Waals surface area (Å²) < 4.78 is 0. The van der Waals surface area contributed by atoms with Gasteiger partial charge in [-0.25, -0.2) is 15.4 Å². The molecule has 110 valence electrons. The first kappa shape index (κ1) is 14.3. The quantitative estimate of drug-likeness (QED) is 0.563. The van der Waals surface area contributed by atoms with E-state index in [0.29, 0.717) is 5.69 Å². The number of carbonyl (C=O) groups excluding carboxylic acids is 1. The number of hydrogen-bond acceptors (Lipinski definition) is 8. The Labute approximate surface area is 133 Å². The zero-order valence-corrected chi connectivity index (χ0v) is 12.6. The number of carbonyl (C=O) groups is 1. The van der Waals surface area contributed by atoms with Crippen molar-refractivity contribution in [2.24, 2.45) is 5.10 Å². The van der Waals surface area contributed by atoms with E-state index in [2.05, 4.69) is 25.5 Å². The fourth-order valence-electron chi connectivity index (χ4n) is 1.55. The molecule has 0 aromatic carbocycles. The minimum atomic E-state index is -0.589. The third-order valence-corrected chi connectivity index (χ3v) is 3.89. The molecular formula is C13H9N5O2S2. The molecule has 0 saturated carbocycles. The maximum absolute atomic E-state index is 11.9. The summed E-state index contributed by atoms with van der Waals surface area (Å²) in [5, 5.41) is 19.2. The maximum atomic E-state index is 11.9. The van der Waals surface area contributed by atoms with Gasteiger partial charge in [-0.1, -0.05) is 0 Å². The molecule has 0 aliphatic heterocycles. The van der Waals surface area contributed by atoms with Crippen molar-refractivity contribution < 1.29 is 9.90 Å². The van der Waals surface area contributed by atoms with Crippen LogP contribution in [0.15, 0.2) is 39.0 Å². The van der Waals surface area contributed by atoms with Gasteiger partial charge in [-0.2, -0.15) is 21.4 Å². The molecule has 22 heavy (non-hydrogen) atoms. The number of thiophene rings is 1. The van der Waals surface area contributed by atoms with Crippen molar-refractivity contribution in [2.75, 3.05) is 0 Å². The SMILES string of the molecule is O=C(N/N=C/c1ccsc1)c1cnc(-c2cscn2)nc1O. The van der Waals surface area contributed by atoms with Gasteiger partial charge in [-0.05, 0) is 16.8 Å². The Morgan fingerprint density at radius 3 is 2.91 bits per heavy atom. The molecule has 3 rings (SSSR count). The van der Waals surface area contributed by atoms with Crippen LogP contribution >= 0.6 is 22.7 Å². The van der Waals surface area contributed by atoms with E-state index in [-0.39, 0.29) is 11.4 Å². The highest BCUT2D eigenvalue weighted by molar-refractivity contribution is 7.08. The van der Waals surface area contributed by atoms with Gasteiger partial charge in [0, 0.05) is 17.1 Å². The maximum Gasteiger partial charge on any atom is 0.278 e. The Kier molecular flexibility index (Phi) is 4.17. The van der Waals surface area contributed by atoms with Crippen molar-refractivity contribution in [3.8, 4) is 17.4 Å². The molecule has 3 aromatic rings. The predicted molar refractivity (Wildman–Crippen MR) is 84.2 cm³/mol. The number of aromatic nitrogens is 3. The molecule has 0 bridgehead atoms. The summed E-state index contributed by atoms with van der Waals surface area (Å²) in [6.45, 7) is 0. The standard InChI is InChI=1S/C13H9N5O2S2/c19-12-9(4-14-11(17-12)10-6-22-7-15-10)13(20)18-16-3-8-1-2-21-5-8/h1-7H,(H,18,20)(H,14,17,19)/b16-3+. The van der Waals surface area contributed by atoms with Crippen LogP contribution in [0.1, 0.15) is 15.9 Å². The molecule has 0 saturated heterocycles. The van der Waals surface area contributed by atoms with Crippen molar-refractivity contribution in [3.05, 3.63) is 45.0 Å². The van der Waals surface area contributed by atoms with Crippen molar-refractivity contribution in [2.45, 2.75) is 0 Å². The first-order chi connectivity index (χ1) is 10.7. The monoisotopic (exact) mass is 331 g/mol. The van der Waals surface area contributed by atoms with E-state index in [4.69, 9.17) is 0 Å². The highest BCUT2D eigenvalue weighted by atomic mass is 32.1. The summed E-state index contributed by atoms with van der Waals surface area (Å²) in [6, 6.07) is 1.86. The Morgan fingerprint density at radius 2 is 2.23 bits per heavy atom. The van der Waals surface area contributed by atoms with Gasteiger partial charge >= 0.3 is 0 Å². The minimum Gasteiger partial charge on any atom is -0.493 e. The lowest BCUT2D eigenvalue weighted by atomic mass is 10.3. The van der Waals surface area contributed by atoms with Crippen LogP contribution in [-0.4, -0.2) is 32.2 Å². The summed E-state index contributed by atoms with van der Waals surface area (Å²) in [4.78, 5) is 23.9. The lowest BCUT2D eigenvalue weighted by Crippen LogP contribution is -2.18. The number of nitrogens with zero attached hydrogens (tertiary/aromatic N) is 4. The predicted octanol–water partition coefficient (Wildman–Crippen LogP) is 2.13. The molecule has 1 amide bonds. The zero-order chi connectivity index (χ0) is 15.4. The Bertz CT molecular complexity index is 800. The molecule has 0 unspecified atom stereocenters. The van der Waals surface area contributed by atoms with Crippen LogP contribution in [0.5, 0.6) is 5.88 Å². The van der Waals surface area contributed by atoms with Crippen LogP contribution in [0.4, 0.5) is 0 Å². The Balaban J connectivity index is 1.73. The van der Waals surface area contributed by atoms with Crippen LogP contribution in [0.2, 0.25) is 0 Å². The van der Waals surface area contributed by atoms with Crippen molar-refractivity contribution >= 4 is 34.8 Å². The first-order valence-corrected chi connectivity index (χ1v) is 7.93. The fourth-order valence-corrected chi connectivity index (χ4v) is 2.69. The van der Waals surface area contributed by atoms with Crippen molar-refractivity contribution in [3.63, 3.8) is 0 Å². The molecule has 9 heteroatoms. The Morgan fingerprint density at radius 1 is 1.32 bits per heavy atom. The molecule has 2 N–H and O–H groups in total. The molecule has 3 heterocycles. The number of rotatable bonds is 4. The third kappa shape index (κ3) is 3.15. The smallest absolute Gasteiger partial charge is 0.278 e. The lowest BCUT2D eigenvalue weighted by Gasteiger charge is -2.03. The number of hydrazone groups is 1. The molecule has 7 nitrogen and oxygen atoms in total. The molecular weight excluding hydrogens is 322 g/mol. The van der Waals surface area contributed by atoms with E-state index in [1.807, 2.05) is 16.8 Å². The van der Waals surface area contributed by atoms with Crippen LogP contribution in [0, 0.1) is 0 Å². The van der Waals surface area contributed by atoms with Crippen LogP contribution < -0.4 is 5.43 Å².